The Balaban J connectivity index is 2.13. The molecule has 1 aromatic rings. The molecule has 1 fully saturated rings. The van der Waals surface area contributed by atoms with Crippen LogP contribution >= 0.6 is 0 Å². The van der Waals surface area contributed by atoms with Crippen LogP contribution < -0.4 is 4.74 Å². The smallest absolute Gasteiger partial charge is 0.310 e. The fourth-order valence-electron chi connectivity index (χ4n) is 2.47. The molecule has 2 rings (SSSR count). The predicted molar refractivity (Wildman–Crippen MR) is 70.2 cm³/mol. The fraction of sp³-hybridized carbons (Fsp3) is 0.500. The highest BCUT2D eigenvalue weighted by Crippen LogP contribution is 2.25. The van der Waals surface area contributed by atoms with Gasteiger partial charge in [0.2, 0.25) is 0 Å². The number of aliphatic carboxylic acids is 1. The molecule has 1 aliphatic heterocycles. The average molecular weight is 283 g/mol. The van der Waals surface area contributed by atoms with Gasteiger partial charge in [0.05, 0.1) is 26.2 Å². The van der Waals surface area contributed by atoms with Gasteiger partial charge in [-0.05, 0) is 25.2 Å². The van der Waals surface area contributed by atoms with Crippen molar-refractivity contribution in [3.63, 3.8) is 0 Å². The van der Waals surface area contributed by atoms with Gasteiger partial charge in [0, 0.05) is 18.2 Å². The Labute approximate surface area is 116 Å². The summed E-state index contributed by atoms with van der Waals surface area (Å²) < 4.78 is 23.8. The van der Waals surface area contributed by atoms with E-state index in [0.29, 0.717) is 24.5 Å². The fourth-order valence-corrected chi connectivity index (χ4v) is 2.47. The maximum absolute atomic E-state index is 13.3. The molecule has 1 N–H and O–H groups in total. The Morgan fingerprint density at radius 1 is 1.55 bits per heavy atom. The highest BCUT2D eigenvalue weighted by atomic mass is 19.1. The first-order valence-electron chi connectivity index (χ1n) is 6.36. The zero-order valence-corrected chi connectivity index (χ0v) is 11.5. The molecule has 0 radical (unpaired) electrons. The van der Waals surface area contributed by atoms with Crippen molar-refractivity contribution < 1.29 is 23.8 Å². The van der Waals surface area contributed by atoms with E-state index in [-0.39, 0.29) is 18.5 Å². The van der Waals surface area contributed by atoms with E-state index in [1.165, 1.54) is 19.2 Å². The van der Waals surface area contributed by atoms with E-state index in [1.807, 2.05) is 4.90 Å². The number of carboxylic acids is 1. The van der Waals surface area contributed by atoms with Crippen LogP contribution in [0.5, 0.6) is 5.75 Å². The molecule has 2 atom stereocenters. The quantitative estimate of drug-likeness (QED) is 0.884. The van der Waals surface area contributed by atoms with Crippen LogP contribution in [0.1, 0.15) is 5.56 Å². The second-order valence-corrected chi connectivity index (χ2v) is 4.92. The van der Waals surface area contributed by atoms with Gasteiger partial charge in [0.15, 0.2) is 0 Å². The van der Waals surface area contributed by atoms with Gasteiger partial charge in [0.25, 0.3) is 0 Å². The number of halogens is 1. The molecule has 1 heterocycles. The molecule has 5 nitrogen and oxygen atoms in total. The minimum atomic E-state index is -0.870. The van der Waals surface area contributed by atoms with Crippen molar-refractivity contribution in [3.8, 4) is 5.75 Å². The molecular formula is C14H18FNO4. The second-order valence-electron chi connectivity index (χ2n) is 4.92. The van der Waals surface area contributed by atoms with Crippen molar-refractivity contribution in [2.45, 2.75) is 12.6 Å². The monoisotopic (exact) mass is 283 g/mol. The molecule has 20 heavy (non-hydrogen) atoms. The summed E-state index contributed by atoms with van der Waals surface area (Å²) in [6, 6.07) is 4.08. The summed E-state index contributed by atoms with van der Waals surface area (Å²) in [6.07, 6.45) is 0. The molecule has 0 saturated carbocycles. The van der Waals surface area contributed by atoms with Crippen LogP contribution in [0, 0.1) is 11.7 Å². The Hall–Kier alpha value is -1.66. The van der Waals surface area contributed by atoms with Gasteiger partial charge in [-0.1, -0.05) is 0 Å². The first-order chi connectivity index (χ1) is 9.52. The number of rotatable bonds is 5. The zero-order chi connectivity index (χ0) is 14.7. The molecule has 1 aliphatic rings. The van der Waals surface area contributed by atoms with E-state index in [4.69, 9.17) is 14.6 Å². The number of benzene rings is 1. The van der Waals surface area contributed by atoms with E-state index in [2.05, 4.69) is 0 Å². The van der Waals surface area contributed by atoms with Crippen molar-refractivity contribution >= 4 is 5.97 Å². The van der Waals surface area contributed by atoms with Crippen LogP contribution in [-0.2, 0) is 16.1 Å². The van der Waals surface area contributed by atoms with Gasteiger partial charge in [-0.3, -0.25) is 9.69 Å². The van der Waals surface area contributed by atoms with Gasteiger partial charge in [-0.15, -0.1) is 0 Å². The maximum Gasteiger partial charge on any atom is 0.310 e. The third-order valence-electron chi connectivity index (χ3n) is 3.60. The molecule has 2 unspecified atom stereocenters. The summed E-state index contributed by atoms with van der Waals surface area (Å²) >= 11 is 0. The number of ether oxygens (including phenoxy) is 2. The van der Waals surface area contributed by atoms with E-state index in [9.17, 15) is 9.18 Å². The molecule has 110 valence electrons. The Bertz CT molecular complexity index is 494. The summed E-state index contributed by atoms with van der Waals surface area (Å²) in [5.41, 5.74) is 0.686. The van der Waals surface area contributed by atoms with Crippen LogP contribution in [-0.4, -0.2) is 49.4 Å². The Morgan fingerprint density at radius 3 is 2.95 bits per heavy atom. The third kappa shape index (κ3) is 3.08. The zero-order valence-electron chi connectivity index (χ0n) is 11.5. The molecule has 0 bridgehead atoms. The number of carbonyl (C=O) groups is 1. The molecule has 0 amide bonds. The molecule has 0 spiro atoms. The number of nitrogens with zero attached hydrogens (tertiary/aromatic N) is 1. The van der Waals surface area contributed by atoms with Crippen LogP contribution in [0.3, 0.4) is 0 Å². The highest BCUT2D eigenvalue weighted by Gasteiger charge is 2.36. The molecular weight excluding hydrogens is 265 g/mol. The molecule has 0 aromatic heterocycles. The summed E-state index contributed by atoms with van der Waals surface area (Å²) in [5, 5.41) is 9.15. The molecule has 0 aliphatic carbocycles. The number of hydrogen-bond donors (Lipinski definition) is 1. The van der Waals surface area contributed by atoms with E-state index in [1.54, 1.807) is 13.1 Å². The second kappa shape index (κ2) is 6.19. The lowest BCUT2D eigenvalue weighted by Gasteiger charge is -2.26. The van der Waals surface area contributed by atoms with Crippen LogP contribution in [0.15, 0.2) is 18.2 Å². The summed E-state index contributed by atoms with van der Waals surface area (Å²) in [7, 11) is 3.33. The van der Waals surface area contributed by atoms with Gasteiger partial charge in [-0.2, -0.15) is 0 Å². The lowest BCUT2D eigenvalue weighted by Crippen LogP contribution is -2.40. The molecule has 1 aromatic carbocycles. The van der Waals surface area contributed by atoms with E-state index < -0.39 is 11.9 Å². The van der Waals surface area contributed by atoms with E-state index >= 15 is 0 Å². The predicted octanol–water partition coefficient (Wildman–Crippen LogP) is 1.37. The van der Waals surface area contributed by atoms with Gasteiger partial charge in [-0.25, -0.2) is 4.39 Å². The summed E-state index contributed by atoms with van der Waals surface area (Å²) in [6.45, 7) is 0.981. The normalized spacial score (nSPS) is 22.2. The van der Waals surface area contributed by atoms with Crippen molar-refractivity contribution in [2.75, 3.05) is 27.4 Å². The standard InChI is InChI=1S/C14H18FNO4/c1-16(12-8-20-7-11(12)14(17)18)6-9-5-10(15)3-4-13(9)19-2/h3-5,11-12H,6-8H2,1-2H3,(H,17,18). The first-order valence-corrected chi connectivity index (χ1v) is 6.36. The SMILES string of the molecule is COc1ccc(F)cc1CN(C)C1COCC1C(=O)O. The van der Waals surface area contributed by atoms with Crippen molar-refractivity contribution in [1.82, 2.24) is 4.90 Å². The van der Waals surface area contributed by atoms with Gasteiger partial charge >= 0.3 is 5.97 Å². The van der Waals surface area contributed by atoms with E-state index in [0.717, 1.165) is 0 Å². The molecule has 1 saturated heterocycles. The van der Waals surface area contributed by atoms with Gasteiger partial charge in [0.1, 0.15) is 11.6 Å². The molecule has 6 heteroatoms. The van der Waals surface area contributed by atoms with Crippen molar-refractivity contribution in [2.24, 2.45) is 5.92 Å². The summed E-state index contributed by atoms with van der Waals surface area (Å²) in [4.78, 5) is 13.0. The van der Waals surface area contributed by atoms with Crippen molar-refractivity contribution in [3.05, 3.63) is 29.6 Å². The lowest BCUT2D eigenvalue weighted by atomic mass is 10.0. The number of methoxy groups -OCH3 is 1. The van der Waals surface area contributed by atoms with Crippen LogP contribution in [0.4, 0.5) is 4.39 Å². The van der Waals surface area contributed by atoms with Crippen LogP contribution in [0.25, 0.3) is 0 Å². The first kappa shape index (κ1) is 14.7. The maximum atomic E-state index is 13.3. The van der Waals surface area contributed by atoms with Crippen molar-refractivity contribution in [1.29, 1.82) is 0 Å². The number of likely N-dealkylation sites (N-methyl/N-ethyl adjacent to an activating group) is 1. The number of hydrogen-bond acceptors (Lipinski definition) is 4. The van der Waals surface area contributed by atoms with Gasteiger partial charge < -0.3 is 14.6 Å². The Kier molecular flexibility index (Phi) is 4.57. The summed E-state index contributed by atoms with van der Waals surface area (Å²) in [5.74, 6) is -1.18. The highest BCUT2D eigenvalue weighted by molar-refractivity contribution is 5.71. The average Bonchev–Trinajstić information content (AvgIpc) is 2.88. The van der Waals surface area contributed by atoms with Crippen LogP contribution in [0.2, 0.25) is 0 Å². The topological polar surface area (TPSA) is 59.0 Å². The minimum Gasteiger partial charge on any atom is -0.496 e. The number of carboxylic acid groups (broad SMARTS) is 1. The minimum absolute atomic E-state index is 0.213. The third-order valence-corrected chi connectivity index (χ3v) is 3.60. The Morgan fingerprint density at radius 2 is 2.30 bits per heavy atom. The largest absolute Gasteiger partial charge is 0.496 e. The lowest BCUT2D eigenvalue weighted by molar-refractivity contribution is -0.143.